The van der Waals surface area contributed by atoms with E-state index in [0.717, 1.165) is 6.42 Å². The van der Waals surface area contributed by atoms with E-state index in [1.807, 2.05) is 0 Å². The number of allylic oxidation sites excluding steroid dienone is 1. The average molecular weight is 701 g/mol. The van der Waals surface area contributed by atoms with Crippen molar-refractivity contribution < 1.29 is 0 Å². The van der Waals surface area contributed by atoms with Crippen LogP contribution in [-0.4, -0.2) is 6.04 Å². The fourth-order valence-electron chi connectivity index (χ4n) is 11.4. The fraction of sp³-hybridized carbons (Fsp3) is 0.269. The molecule has 266 valence electrons. The van der Waals surface area contributed by atoms with E-state index in [9.17, 15) is 0 Å². The Hall–Kier alpha value is -5.34. The van der Waals surface area contributed by atoms with Gasteiger partial charge in [-0.05, 0) is 97.1 Å². The molecule has 6 aromatic carbocycles. The van der Waals surface area contributed by atoms with Gasteiger partial charge in [-0.15, -0.1) is 0 Å². The van der Waals surface area contributed by atoms with Crippen LogP contribution < -0.4 is 9.80 Å². The lowest BCUT2D eigenvalue weighted by atomic mass is 9.58. The van der Waals surface area contributed by atoms with Crippen LogP contribution in [0.3, 0.4) is 0 Å². The number of fused-ring (bicyclic) bond motifs is 4. The van der Waals surface area contributed by atoms with E-state index in [0.29, 0.717) is 0 Å². The number of benzene rings is 6. The normalized spacial score (nSPS) is 20.9. The summed E-state index contributed by atoms with van der Waals surface area (Å²) >= 11 is 0. The number of hydrogen-bond acceptors (Lipinski definition) is 2. The molecule has 3 aliphatic heterocycles. The van der Waals surface area contributed by atoms with Gasteiger partial charge < -0.3 is 9.80 Å². The highest BCUT2D eigenvalue weighted by atomic mass is 15.2. The van der Waals surface area contributed by atoms with Crippen LogP contribution in [0, 0.1) is 0 Å². The highest BCUT2D eigenvalue weighted by Crippen LogP contribution is 2.66. The third-order valence-electron chi connectivity index (χ3n) is 14.4. The predicted molar refractivity (Wildman–Crippen MR) is 227 cm³/mol. The number of rotatable bonds is 3. The quantitative estimate of drug-likeness (QED) is 0.181. The van der Waals surface area contributed by atoms with Crippen molar-refractivity contribution in [1.82, 2.24) is 0 Å². The van der Waals surface area contributed by atoms with Gasteiger partial charge in [0, 0.05) is 33.0 Å². The smallest absolute Gasteiger partial charge is 0.0567 e. The van der Waals surface area contributed by atoms with Crippen molar-refractivity contribution in [2.24, 2.45) is 0 Å². The molecule has 11 rings (SSSR count). The summed E-state index contributed by atoms with van der Waals surface area (Å²) in [6, 6.07) is 46.5. The van der Waals surface area contributed by atoms with Gasteiger partial charge in [-0.25, -0.2) is 0 Å². The van der Waals surface area contributed by atoms with Gasteiger partial charge in [-0.2, -0.15) is 0 Å². The van der Waals surface area contributed by atoms with Crippen molar-refractivity contribution in [1.29, 1.82) is 0 Å². The highest BCUT2D eigenvalue weighted by Gasteiger charge is 2.54. The number of para-hydroxylation sites is 2. The summed E-state index contributed by atoms with van der Waals surface area (Å²) in [5.41, 5.74) is 20.5. The molecule has 0 saturated carbocycles. The molecule has 6 aromatic rings. The zero-order valence-electron chi connectivity index (χ0n) is 32.8. The van der Waals surface area contributed by atoms with Crippen LogP contribution in [0.25, 0.3) is 21.9 Å². The van der Waals surface area contributed by atoms with Gasteiger partial charge in [0.25, 0.3) is 0 Å². The number of nitrogens with zero attached hydrogens (tertiary/aromatic N) is 2. The molecular formula is C52H48N2. The first-order chi connectivity index (χ1) is 25.8. The second kappa shape index (κ2) is 10.2. The van der Waals surface area contributed by atoms with E-state index in [4.69, 9.17) is 0 Å². The lowest BCUT2D eigenvalue weighted by Gasteiger charge is -2.58. The molecule has 2 nitrogen and oxygen atoms in total. The molecule has 0 amide bonds. The first-order valence-electron chi connectivity index (χ1n) is 19.9. The van der Waals surface area contributed by atoms with Crippen LogP contribution in [0.5, 0.6) is 0 Å². The summed E-state index contributed by atoms with van der Waals surface area (Å²) in [4.78, 5) is 5.38. The van der Waals surface area contributed by atoms with Crippen molar-refractivity contribution in [2.45, 2.75) is 89.5 Å². The molecule has 0 saturated heterocycles. The molecular weight excluding hydrogens is 653 g/mol. The van der Waals surface area contributed by atoms with Crippen molar-refractivity contribution in [3.63, 3.8) is 0 Å². The number of anilines is 4. The molecule has 0 spiro atoms. The maximum atomic E-state index is 2.71. The van der Waals surface area contributed by atoms with Gasteiger partial charge >= 0.3 is 0 Å². The summed E-state index contributed by atoms with van der Waals surface area (Å²) in [6.45, 7) is 19.6. The second-order valence-electron chi connectivity index (χ2n) is 18.6. The van der Waals surface area contributed by atoms with Gasteiger partial charge in [0.15, 0.2) is 0 Å². The van der Waals surface area contributed by atoms with Gasteiger partial charge in [-0.1, -0.05) is 159 Å². The molecule has 0 bridgehead atoms. The van der Waals surface area contributed by atoms with Gasteiger partial charge in [0.1, 0.15) is 0 Å². The van der Waals surface area contributed by atoms with Crippen LogP contribution in [0.4, 0.5) is 22.7 Å². The van der Waals surface area contributed by atoms with E-state index in [2.05, 4.69) is 193 Å². The molecule has 5 aliphatic rings. The zero-order chi connectivity index (χ0) is 37.1. The minimum atomic E-state index is -0.187. The van der Waals surface area contributed by atoms with Crippen molar-refractivity contribution >= 4 is 33.5 Å². The molecule has 2 heteroatoms. The summed E-state index contributed by atoms with van der Waals surface area (Å²) < 4.78 is 0. The first-order valence-corrected chi connectivity index (χ1v) is 19.9. The van der Waals surface area contributed by atoms with Crippen molar-refractivity contribution in [3.8, 4) is 11.1 Å². The summed E-state index contributed by atoms with van der Waals surface area (Å²) in [7, 11) is 0. The minimum absolute atomic E-state index is 0.0840. The first kappa shape index (κ1) is 32.1. The van der Waals surface area contributed by atoms with Crippen LogP contribution >= 0.6 is 0 Å². The predicted octanol–water partition coefficient (Wildman–Crippen LogP) is 13.3. The topological polar surface area (TPSA) is 6.48 Å². The average Bonchev–Trinajstić information content (AvgIpc) is 3.39. The van der Waals surface area contributed by atoms with Gasteiger partial charge in [-0.3, -0.25) is 0 Å². The molecule has 0 fully saturated rings. The van der Waals surface area contributed by atoms with E-state index >= 15 is 0 Å². The largest absolute Gasteiger partial charge is 0.334 e. The Morgan fingerprint density at radius 1 is 0.481 bits per heavy atom. The Kier molecular flexibility index (Phi) is 6.09. The molecule has 3 heterocycles. The van der Waals surface area contributed by atoms with E-state index in [1.54, 1.807) is 5.57 Å². The monoisotopic (exact) mass is 700 g/mol. The van der Waals surface area contributed by atoms with Crippen LogP contribution in [0.2, 0.25) is 0 Å². The molecule has 1 unspecified atom stereocenters. The van der Waals surface area contributed by atoms with Crippen LogP contribution in [-0.2, 0) is 21.7 Å². The fourth-order valence-corrected chi connectivity index (χ4v) is 11.4. The summed E-state index contributed by atoms with van der Waals surface area (Å²) in [5.74, 6) is 0. The van der Waals surface area contributed by atoms with Crippen molar-refractivity contribution in [2.75, 3.05) is 9.80 Å². The summed E-state index contributed by atoms with van der Waals surface area (Å²) in [5, 5.41) is 2.54. The second-order valence-corrected chi connectivity index (χ2v) is 18.6. The molecule has 2 aliphatic carbocycles. The van der Waals surface area contributed by atoms with Crippen LogP contribution in [0.15, 0.2) is 144 Å². The lowest BCUT2D eigenvalue weighted by Crippen LogP contribution is -2.50. The Morgan fingerprint density at radius 3 is 1.74 bits per heavy atom. The Labute approximate surface area is 320 Å². The zero-order valence-corrected chi connectivity index (χ0v) is 32.8. The minimum Gasteiger partial charge on any atom is -0.334 e. The third-order valence-corrected chi connectivity index (χ3v) is 14.4. The SMILES string of the molecule is CC1(C)C2=CC(N(c3ccc4c(c3)C(C)(C)c3ccccc3-4)c3ccc4ccccc4c3)CC3=C2N2c4c1cccc4C(C)(C)c1cccc(c12)C3(C)C. The third kappa shape index (κ3) is 3.86. The van der Waals surface area contributed by atoms with E-state index in [1.165, 1.54) is 89.3 Å². The molecule has 1 atom stereocenters. The lowest BCUT2D eigenvalue weighted by molar-refractivity contribution is 0.502. The maximum Gasteiger partial charge on any atom is 0.0567 e. The van der Waals surface area contributed by atoms with Gasteiger partial charge in [0.05, 0.1) is 23.1 Å². The standard InChI is InChI=1S/C52H48N2/c1-49(2)38-18-12-11-17-36(38)37-26-25-34(28-43(37)49)53(33-24-23-31-15-9-10-16-32(31)27-33)35-29-44-48-45(30-35)52(7,8)42-22-14-20-40-47(42)54(48)46-39(50(40,3)4)19-13-21-41(46)51(44,5)6/h9-29,35H,30H2,1-8H3. The Bertz CT molecular complexity index is 2710. The molecule has 0 radical (unpaired) electrons. The maximum absolute atomic E-state index is 2.71. The molecule has 0 N–H and O–H groups in total. The van der Waals surface area contributed by atoms with Crippen LogP contribution in [0.1, 0.15) is 95.2 Å². The molecule has 0 aromatic heterocycles. The Balaban J connectivity index is 1.17. The van der Waals surface area contributed by atoms with E-state index in [-0.39, 0.29) is 27.7 Å². The molecule has 54 heavy (non-hydrogen) atoms. The highest BCUT2D eigenvalue weighted by molar-refractivity contribution is 5.94. The van der Waals surface area contributed by atoms with E-state index < -0.39 is 0 Å². The van der Waals surface area contributed by atoms with Gasteiger partial charge in [0.2, 0.25) is 0 Å². The van der Waals surface area contributed by atoms with Crippen molar-refractivity contribution in [3.05, 3.63) is 178 Å². The Morgan fingerprint density at radius 2 is 1.02 bits per heavy atom. The summed E-state index contributed by atoms with van der Waals surface area (Å²) in [6.07, 6.45) is 3.61. The number of hydrogen-bond donors (Lipinski definition) is 0.